The first-order chi connectivity index (χ1) is 5.79. The molecule has 0 aromatic carbocycles. The van der Waals surface area contributed by atoms with Crippen molar-refractivity contribution < 1.29 is 9.90 Å². The van der Waals surface area contributed by atoms with Crippen LogP contribution in [0.25, 0.3) is 0 Å². The molecule has 4 heteroatoms. The maximum absolute atomic E-state index is 10.3. The van der Waals surface area contributed by atoms with Crippen molar-refractivity contribution in [2.75, 3.05) is 5.75 Å². The molecule has 1 heterocycles. The Morgan fingerprint density at radius 3 is 3.08 bits per heavy atom. The van der Waals surface area contributed by atoms with E-state index in [1.165, 1.54) is 25.0 Å². The average molecular weight is 206 g/mol. The molecule has 1 rings (SSSR count). The molecular formula is C8H14O2S2. The third-order valence-corrected chi connectivity index (χ3v) is 4.95. The van der Waals surface area contributed by atoms with Crippen LogP contribution in [0.4, 0.5) is 0 Å². The van der Waals surface area contributed by atoms with Crippen molar-refractivity contribution in [3.05, 3.63) is 0 Å². The molecular weight excluding hydrogens is 192 g/mol. The second-order valence-electron chi connectivity index (χ2n) is 2.97. The lowest BCUT2D eigenvalue weighted by Crippen LogP contribution is -2.04. The minimum Gasteiger partial charge on any atom is -0.481 e. The molecule has 1 saturated heterocycles. The summed E-state index contributed by atoms with van der Waals surface area (Å²) in [6.07, 6.45) is 4.93. The maximum atomic E-state index is 10.3. The van der Waals surface area contributed by atoms with Crippen molar-refractivity contribution in [3.8, 4) is 0 Å². The van der Waals surface area contributed by atoms with Crippen molar-refractivity contribution in [2.45, 2.75) is 37.4 Å². The van der Waals surface area contributed by atoms with Gasteiger partial charge in [0.2, 0.25) is 0 Å². The smallest absolute Gasteiger partial charge is 0.303 e. The van der Waals surface area contributed by atoms with E-state index in [-0.39, 0.29) is 0 Å². The van der Waals surface area contributed by atoms with Gasteiger partial charge in [-0.25, -0.2) is 0 Å². The fourth-order valence-corrected chi connectivity index (χ4v) is 4.09. The Kier molecular flexibility index (Phi) is 4.92. The van der Waals surface area contributed by atoms with Gasteiger partial charge in [-0.2, -0.15) is 0 Å². The van der Waals surface area contributed by atoms with E-state index in [2.05, 4.69) is 0 Å². The van der Waals surface area contributed by atoms with Crippen LogP contribution in [-0.4, -0.2) is 22.1 Å². The molecule has 0 aromatic heterocycles. The number of aliphatic carboxylic acids is 1. The van der Waals surface area contributed by atoms with E-state index >= 15 is 0 Å². The minimum atomic E-state index is -0.662. The summed E-state index contributed by atoms with van der Waals surface area (Å²) in [5, 5.41) is 9.08. The Hall–Kier alpha value is 0.170. The van der Waals surface area contributed by atoms with Crippen molar-refractivity contribution in [1.29, 1.82) is 0 Å². The first kappa shape index (κ1) is 10.3. The summed E-state index contributed by atoms with van der Waals surface area (Å²) in [6.45, 7) is 0. The zero-order valence-electron chi connectivity index (χ0n) is 6.99. The van der Waals surface area contributed by atoms with Gasteiger partial charge in [-0.15, -0.1) is 0 Å². The summed E-state index contributed by atoms with van der Waals surface area (Å²) in [4.78, 5) is 10.3. The predicted molar refractivity (Wildman–Crippen MR) is 54.6 cm³/mol. The largest absolute Gasteiger partial charge is 0.481 e. The third-order valence-electron chi connectivity index (χ3n) is 1.89. The molecule has 70 valence electrons. The Balaban J connectivity index is 2.16. The van der Waals surface area contributed by atoms with Crippen molar-refractivity contribution in [3.63, 3.8) is 0 Å². The molecule has 0 bridgehead atoms. The van der Waals surface area contributed by atoms with Crippen LogP contribution in [0, 0.1) is 0 Å². The topological polar surface area (TPSA) is 37.3 Å². The summed E-state index contributed by atoms with van der Waals surface area (Å²) in [5.74, 6) is 0.568. The molecule has 1 aliphatic rings. The second-order valence-corrected chi connectivity index (χ2v) is 5.76. The number of carboxylic acid groups (broad SMARTS) is 1. The van der Waals surface area contributed by atoms with E-state index in [9.17, 15) is 4.79 Å². The van der Waals surface area contributed by atoms with Crippen LogP contribution in [0.2, 0.25) is 0 Å². The zero-order chi connectivity index (χ0) is 8.81. The third kappa shape index (κ3) is 4.26. The van der Waals surface area contributed by atoms with Gasteiger partial charge in [0.15, 0.2) is 0 Å². The van der Waals surface area contributed by atoms with E-state index in [4.69, 9.17) is 5.11 Å². The van der Waals surface area contributed by atoms with Gasteiger partial charge in [0.25, 0.3) is 0 Å². The Bertz CT molecular complexity index is 142. The molecule has 1 atom stereocenters. The van der Waals surface area contributed by atoms with Gasteiger partial charge in [-0.3, -0.25) is 4.79 Å². The molecule has 0 aliphatic carbocycles. The first-order valence-corrected chi connectivity index (χ1v) is 6.67. The van der Waals surface area contributed by atoms with Crippen LogP contribution in [0.15, 0.2) is 0 Å². The summed E-state index contributed by atoms with van der Waals surface area (Å²) >= 11 is 0. The SMILES string of the molecule is O=C(O)CCC1CCCCSS1. The molecule has 0 spiro atoms. The lowest BCUT2D eigenvalue weighted by Gasteiger charge is -2.09. The van der Waals surface area contributed by atoms with E-state index in [0.29, 0.717) is 11.7 Å². The molecule has 1 aliphatic heterocycles. The lowest BCUT2D eigenvalue weighted by atomic mass is 10.1. The normalized spacial score (nSPS) is 24.8. The van der Waals surface area contributed by atoms with Gasteiger partial charge in [0.05, 0.1) is 0 Å². The highest BCUT2D eigenvalue weighted by molar-refractivity contribution is 8.76. The predicted octanol–water partition coefficient (Wildman–Crippen LogP) is 2.79. The monoisotopic (exact) mass is 206 g/mol. The lowest BCUT2D eigenvalue weighted by molar-refractivity contribution is -0.137. The summed E-state index contributed by atoms with van der Waals surface area (Å²) in [7, 11) is 3.78. The van der Waals surface area contributed by atoms with Gasteiger partial charge < -0.3 is 5.11 Å². The number of hydrogen-bond donors (Lipinski definition) is 1. The van der Waals surface area contributed by atoms with Gasteiger partial charge >= 0.3 is 5.97 Å². The minimum absolute atomic E-state index is 0.332. The number of carbonyl (C=O) groups is 1. The Labute approximate surface area is 80.9 Å². The van der Waals surface area contributed by atoms with Crippen LogP contribution < -0.4 is 0 Å². The summed E-state index contributed by atoms with van der Waals surface area (Å²) in [5.41, 5.74) is 0. The van der Waals surface area contributed by atoms with Crippen LogP contribution in [0.5, 0.6) is 0 Å². The molecule has 12 heavy (non-hydrogen) atoms. The Morgan fingerprint density at radius 2 is 2.33 bits per heavy atom. The van der Waals surface area contributed by atoms with E-state index < -0.39 is 5.97 Å². The highest BCUT2D eigenvalue weighted by Crippen LogP contribution is 2.36. The molecule has 1 fully saturated rings. The second kappa shape index (κ2) is 5.75. The van der Waals surface area contributed by atoms with Crippen molar-refractivity contribution in [1.82, 2.24) is 0 Å². The zero-order valence-corrected chi connectivity index (χ0v) is 8.62. The summed E-state index contributed by atoms with van der Waals surface area (Å²) < 4.78 is 0. The van der Waals surface area contributed by atoms with Crippen LogP contribution in [0.3, 0.4) is 0 Å². The van der Waals surface area contributed by atoms with Crippen molar-refractivity contribution in [2.24, 2.45) is 0 Å². The Morgan fingerprint density at radius 1 is 1.50 bits per heavy atom. The maximum Gasteiger partial charge on any atom is 0.303 e. The molecule has 0 saturated carbocycles. The fraction of sp³-hybridized carbons (Fsp3) is 0.875. The molecule has 1 unspecified atom stereocenters. The molecule has 0 aromatic rings. The van der Waals surface area contributed by atoms with Crippen LogP contribution in [0.1, 0.15) is 32.1 Å². The van der Waals surface area contributed by atoms with Crippen molar-refractivity contribution >= 4 is 27.6 Å². The quantitative estimate of drug-likeness (QED) is 0.720. The van der Waals surface area contributed by atoms with E-state index in [1.807, 2.05) is 21.6 Å². The van der Waals surface area contributed by atoms with Crippen LogP contribution in [-0.2, 0) is 4.79 Å². The highest BCUT2D eigenvalue weighted by Gasteiger charge is 2.14. The van der Waals surface area contributed by atoms with Gasteiger partial charge in [0.1, 0.15) is 0 Å². The molecule has 0 amide bonds. The van der Waals surface area contributed by atoms with Gasteiger partial charge in [0, 0.05) is 17.4 Å². The average Bonchev–Trinajstić information content (AvgIpc) is 2.28. The number of carboxylic acids is 1. The van der Waals surface area contributed by atoms with E-state index in [0.717, 1.165) is 6.42 Å². The van der Waals surface area contributed by atoms with Gasteiger partial charge in [-0.1, -0.05) is 28.0 Å². The number of hydrogen-bond acceptors (Lipinski definition) is 3. The van der Waals surface area contributed by atoms with Gasteiger partial charge in [-0.05, 0) is 19.3 Å². The van der Waals surface area contributed by atoms with E-state index in [1.54, 1.807) is 0 Å². The summed E-state index contributed by atoms with van der Waals surface area (Å²) in [6, 6.07) is 0. The first-order valence-electron chi connectivity index (χ1n) is 4.29. The standard InChI is InChI=1S/C8H14O2S2/c9-8(10)5-4-7-3-1-2-6-11-12-7/h7H,1-6H2,(H,9,10). The molecule has 2 nitrogen and oxygen atoms in total. The molecule has 0 radical (unpaired) electrons. The van der Waals surface area contributed by atoms with Crippen LogP contribution >= 0.6 is 21.6 Å². The number of rotatable bonds is 3. The highest BCUT2D eigenvalue weighted by atomic mass is 33.1. The molecule has 1 N–H and O–H groups in total. The fourth-order valence-electron chi connectivity index (χ4n) is 1.20.